The Morgan fingerprint density at radius 2 is 1.94 bits per heavy atom. The monoisotopic (exact) mass is 440 g/mol. The number of ether oxygens (including phenoxy) is 4. The number of hydrogen-bond donors (Lipinski definition) is 2. The van der Waals surface area contributed by atoms with Crippen LogP contribution in [0.2, 0.25) is 0 Å². The van der Waals surface area contributed by atoms with Gasteiger partial charge in [0.1, 0.15) is 24.2 Å². The summed E-state index contributed by atoms with van der Waals surface area (Å²) in [7, 11) is 1.61. The number of amides is 1. The van der Waals surface area contributed by atoms with E-state index < -0.39 is 6.10 Å². The minimum atomic E-state index is -0.854. The largest absolute Gasteiger partial charge is 0.497 e. The highest BCUT2D eigenvalue weighted by Gasteiger charge is 2.15. The summed E-state index contributed by atoms with van der Waals surface area (Å²) in [5.74, 6) is 3.46. The maximum absolute atomic E-state index is 12.1. The summed E-state index contributed by atoms with van der Waals surface area (Å²) in [6, 6.07) is 12.6. The van der Waals surface area contributed by atoms with Gasteiger partial charge in [0, 0.05) is 31.0 Å². The van der Waals surface area contributed by atoms with E-state index in [1.165, 1.54) is 0 Å². The van der Waals surface area contributed by atoms with Crippen molar-refractivity contribution in [2.45, 2.75) is 18.9 Å². The van der Waals surface area contributed by atoms with Crippen LogP contribution in [-0.4, -0.2) is 49.2 Å². The highest BCUT2D eigenvalue weighted by atomic mass is 16.7. The number of carbonyl (C=O) groups excluding carboxylic acids is 1. The van der Waals surface area contributed by atoms with E-state index in [4.69, 9.17) is 23.4 Å². The van der Waals surface area contributed by atoms with Crippen LogP contribution in [0.25, 0.3) is 11.3 Å². The number of hydrogen-bond acceptors (Lipinski definition) is 8. The molecule has 0 saturated carbocycles. The summed E-state index contributed by atoms with van der Waals surface area (Å²) in [5, 5.41) is 12.8. The SMILES string of the molecule is COc1ccc(-c2cnc(CCC(=O)NCC(O)COc3ccc4c(c3)OCO4)o2)cc1. The van der Waals surface area contributed by atoms with Gasteiger partial charge in [-0.1, -0.05) is 0 Å². The van der Waals surface area contributed by atoms with Crippen molar-refractivity contribution in [1.29, 1.82) is 0 Å². The number of fused-ring (bicyclic) bond motifs is 1. The maximum atomic E-state index is 12.1. The van der Waals surface area contributed by atoms with Crippen LogP contribution < -0.4 is 24.3 Å². The maximum Gasteiger partial charge on any atom is 0.231 e. The summed E-state index contributed by atoms with van der Waals surface area (Å²) in [6.07, 6.45) is 1.32. The van der Waals surface area contributed by atoms with Gasteiger partial charge in [0.25, 0.3) is 0 Å². The average Bonchev–Trinajstić information content (AvgIpc) is 3.49. The second-order valence-electron chi connectivity index (χ2n) is 7.13. The van der Waals surface area contributed by atoms with Crippen molar-refractivity contribution in [1.82, 2.24) is 10.3 Å². The normalized spacial score (nSPS) is 12.9. The topological polar surface area (TPSA) is 112 Å². The zero-order chi connectivity index (χ0) is 22.3. The van der Waals surface area contributed by atoms with Crippen LogP contribution in [0.1, 0.15) is 12.3 Å². The standard InChI is InChI=1S/C23H24N2O7/c1-28-17-4-2-15(3-5-17)21-12-25-23(32-21)9-8-22(27)24-11-16(26)13-29-18-6-7-19-20(10-18)31-14-30-19/h2-7,10,12,16,26H,8-9,11,13-14H2,1H3,(H,24,27). The number of aryl methyl sites for hydroxylation is 1. The number of carbonyl (C=O) groups is 1. The molecule has 0 saturated heterocycles. The Kier molecular flexibility index (Phi) is 6.76. The molecule has 2 N–H and O–H groups in total. The molecule has 0 spiro atoms. The molecule has 1 atom stereocenters. The number of aromatic nitrogens is 1. The summed E-state index contributed by atoms with van der Waals surface area (Å²) in [6.45, 7) is 0.292. The van der Waals surface area contributed by atoms with Gasteiger partial charge in [0.15, 0.2) is 23.1 Å². The Labute approximate surface area is 184 Å². The number of nitrogens with zero attached hydrogens (tertiary/aromatic N) is 1. The lowest BCUT2D eigenvalue weighted by atomic mass is 10.2. The van der Waals surface area contributed by atoms with Gasteiger partial charge in [-0.3, -0.25) is 4.79 Å². The van der Waals surface area contributed by atoms with E-state index in [1.807, 2.05) is 24.3 Å². The fourth-order valence-electron chi connectivity index (χ4n) is 3.07. The molecule has 1 unspecified atom stereocenters. The predicted molar refractivity (Wildman–Crippen MR) is 114 cm³/mol. The zero-order valence-electron chi connectivity index (χ0n) is 17.6. The quantitative estimate of drug-likeness (QED) is 0.495. The third-order valence-electron chi connectivity index (χ3n) is 4.82. The van der Waals surface area contributed by atoms with E-state index in [9.17, 15) is 9.90 Å². The number of nitrogens with one attached hydrogen (secondary N) is 1. The molecule has 0 fully saturated rings. The smallest absolute Gasteiger partial charge is 0.231 e. The molecule has 0 aliphatic carbocycles. The number of oxazole rings is 1. The second-order valence-corrected chi connectivity index (χ2v) is 7.13. The molecule has 2 aromatic carbocycles. The van der Waals surface area contributed by atoms with Crippen molar-refractivity contribution in [3.05, 3.63) is 54.6 Å². The van der Waals surface area contributed by atoms with E-state index >= 15 is 0 Å². The molecule has 1 aliphatic heterocycles. The van der Waals surface area contributed by atoms with E-state index in [2.05, 4.69) is 10.3 Å². The summed E-state index contributed by atoms with van der Waals surface area (Å²) in [4.78, 5) is 16.3. The van der Waals surface area contributed by atoms with Crippen molar-refractivity contribution in [2.24, 2.45) is 0 Å². The van der Waals surface area contributed by atoms with Crippen LogP contribution >= 0.6 is 0 Å². The van der Waals surface area contributed by atoms with Gasteiger partial charge in [-0.25, -0.2) is 4.98 Å². The Balaban J connectivity index is 1.17. The highest BCUT2D eigenvalue weighted by Crippen LogP contribution is 2.35. The highest BCUT2D eigenvalue weighted by molar-refractivity contribution is 5.76. The van der Waals surface area contributed by atoms with Gasteiger partial charge < -0.3 is 33.8 Å². The molecule has 0 bridgehead atoms. The van der Waals surface area contributed by atoms with Crippen LogP contribution in [0.4, 0.5) is 0 Å². The number of aliphatic hydroxyl groups is 1. The van der Waals surface area contributed by atoms with Crippen LogP contribution in [0.15, 0.2) is 53.1 Å². The lowest BCUT2D eigenvalue weighted by Gasteiger charge is -2.13. The molecule has 1 aromatic heterocycles. The van der Waals surface area contributed by atoms with Crippen LogP contribution in [0.5, 0.6) is 23.0 Å². The Morgan fingerprint density at radius 1 is 1.16 bits per heavy atom. The molecule has 1 amide bonds. The van der Waals surface area contributed by atoms with Gasteiger partial charge in [0.05, 0.1) is 13.3 Å². The Hall–Kier alpha value is -3.72. The molecule has 0 radical (unpaired) electrons. The molecule has 9 nitrogen and oxygen atoms in total. The molecular weight excluding hydrogens is 416 g/mol. The van der Waals surface area contributed by atoms with E-state index in [-0.39, 0.29) is 32.3 Å². The minimum Gasteiger partial charge on any atom is -0.497 e. The van der Waals surface area contributed by atoms with Crippen molar-refractivity contribution in [3.8, 4) is 34.3 Å². The van der Waals surface area contributed by atoms with Gasteiger partial charge >= 0.3 is 0 Å². The zero-order valence-corrected chi connectivity index (χ0v) is 17.6. The molecular formula is C23H24N2O7. The van der Waals surface area contributed by atoms with E-state index in [0.29, 0.717) is 35.3 Å². The predicted octanol–water partition coefficient (Wildman–Crippen LogP) is 2.57. The van der Waals surface area contributed by atoms with Crippen LogP contribution in [0, 0.1) is 0 Å². The first-order chi connectivity index (χ1) is 15.6. The summed E-state index contributed by atoms with van der Waals surface area (Å²) in [5.41, 5.74) is 0.875. The molecule has 4 rings (SSSR count). The summed E-state index contributed by atoms with van der Waals surface area (Å²) >= 11 is 0. The van der Waals surface area contributed by atoms with Crippen molar-refractivity contribution >= 4 is 5.91 Å². The molecule has 32 heavy (non-hydrogen) atoms. The fourth-order valence-corrected chi connectivity index (χ4v) is 3.07. The number of benzene rings is 2. The number of aliphatic hydroxyl groups excluding tert-OH is 1. The average molecular weight is 440 g/mol. The molecule has 9 heteroatoms. The van der Waals surface area contributed by atoms with Gasteiger partial charge in [-0.2, -0.15) is 0 Å². The number of methoxy groups -OCH3 is 1. The van der Waals surface area contributed by atoms with Gasteiger partial charge in [-0.05, 0) is 36.4 Å². The van der Waals surface area contributed by atoms with E-state index in [0.717, 1.165) is 11.3 Å². The molecule has 1 aliphatic rings. The fraction of sp³-hybridized carbons (Fsp3) is 0.304. The molecule has 3 aromatic rings. The van der Waals surface area contributed by atoms with Crippen LogP contribution in [0.3, 0.4) is 0 Å². The second kappa shape index (κ2) is 10.1. The minimum absolute atomic E-state index is 0.0326. The first-order valence-corrected chi connectivity index (χ1v) is 10.2. The Bertz CT molecular complexity index is 1050. The first-order valence-electron chi connectivity index (χ1n) is 10.2. The van der Waals surface area contributed by atoms with Crippen molar-refractivity contribution in [3.63, 3.8) is 0 Å². The molecule has 168 valence electrons. The van der Waals surface area contributed by atoms with Crippen LogP contribution in [-0.2, 0) is 11.2 Å². The lowest BCUT2D eigenvalue weighted by molar-refractivity contribution is -0.121. The van der Waals surface area contributed by atoms with Gasteiger partial charge in [0.2, 0.25) is 12.7 Å². The molecule has 2 heterocycles. The lowest BCUT2D eigenvalue weighted by Crippen LogP contribution is -2.35. The Morgan fingerprint density at radius 3 is 2.75 bits per heavy atom. The van der Waals surface area contributed by atoms with E-state index in [1.54, 1.807) is 31.5 Å². The number of rotatable bonds is 10. The van der Waals surface area contributed by atoms with Gasteiger partial charge in [-0.15, -0.1) is 0 Å². The first kappa shape index (κ1) is 21.5. The third kappa shape index (κ3) is 5.50. The summed E-state index contributed by atoms with van der Waals surface area (Å²) < 4.78 is 26.9. The third-order valence-corrected chi connectivity index (χ3v) is 4.82. The van der Waals surface area contributed by atoms with Crippen molar-refractivity contribution in [2.75, 3.05) is 27.1 Å². The van der Waals surface area contributed by atoms with Crippen molar-refractivity contribution < 1.29 is 33.3 Å².